The molecule has 3 N–H and O–H groups in total. The molecular formula is C29H24N4O10. The smallest absolute Gasteiger partial charge is 0.358 e. The number of carboxylic acids is 2. The van der Waals surface area contributed by atoms with Crippen molar-refractivity contribution in [3.05, 3.63) is 93.4 Å². The van der Waals surface area contributed by atoms with Gasteiger partial charge in [0.05, 0.1) is 41.3 Å². The molecule has 43 heavy (non-hydrogen) atoms. The number of ether oxygens (including phenoxy) is 2. The van der Waals surface area contributed by atoms with Crippen LogP contribution >= 0.6 is 0 Å². The maximum absolute atomic E-state index is 13.4. The molecule has 1 aliphatic rings. The highest BCUT2D eigenvalue weighted by molar-refractivity contribution is 6.36. The Hall–Kier alpha value is -6.05. The van der Waals surface area contributed by atoms with E-state index in [9.17, 15) is 29.1 Å². The van der Waals surface area contributed by atoms with Crippen LogP contribution in [0.3, 0.4) is 0 Å². The summed E-state index contributed by atoms with van der Waals surface area (Å²) in [6.45, 7) is 3.46. The van der Waals surface area contributed by atoms with E-state index in [4.69, 9.17) is 19.7 Å². The van der Waals surface area contributed by atoms with Gasteiger partial charge in [-0.3, -0.25) is 4.79 Å². The first kappa shape index (κ1) is 29.9. The molecule has 3 amide bonds. The Labute approximate surface area is 243 Å². The van der Waals surface area contributed by atoms with Gasteiger partial charge in [-0.15, -0.1) is 0 Å². The van der Waals surface area contributed by atoms with Crippen LogP contribution in [0.1, 0.15) is 40.1 Å². The van der Waals surface area contributed by atoms with Crippen molar-refractivity contribution in [2.24, 2.45) is 4.99 Å². The number of anilines is 1. The molecule has 2 aromatic carbocycles. The van der Waals surface area contributed by atoms with Crippen molar-refractivity contribution in [3.63, 3.8) is 0 Å². The fourth-order valence-electron chi connectivity index (χ4n) is 3.99. The molecule has 0 fully saturated rings. The average Bonchev–Trinajstić information content (AvgIpc) is 2.96. The minimum Gasteiger partial charge on any atom is -0.494 e. The zero-order valence-corrected chi connectivity index (χ0v) is 22.8. The van der Waals surface area contributed by atoms with Gasteiger partial charge >= 0.3 is 23.7 Å². The third-order valence-corrected chi connectivity index (χ3v) is 5.96. The Balaban J connectivity index is 1.77. The molecule has 14 nitrogen and oxygen atoms in total. The minimum atomic E-state index is -1.18. The van der Waals surface area contributed by atoms with Crippen molar-refractivity contribution in [1.82, 2.24) is 9.55 Å². The molecule has 1 aromatic heterocycles. The van der Waals surface area contributed by atoms with E-state index >= 15 is 0 Å². The van der Waals surface area contributed by atoms with E-state index in [-0.39, 0.29) is 58.6 Å². The number of aromatic nitrogens is 2. The Morgan fingerprint density at radius 2 is 1.42 bits per heavy atom. The molecule has 0 spiro atoms. The van der Waals surface area contributed by atoms with Crippen molar-refractivity contribution in [1.29, 1.82) is 0 Å². The van der Waals surface area contributed by atoms with Crippen molar-refractivity contribution in [2.75, 3.05) is 18.1 Å². The number of carbonyl (C=O) groups is 4. The second-order valence-corrected chi connectivity index (χ2v) is 8.62. The van der Waals surface area contributed by atoms with Gasteiger partial charge in [-0.25, -0.2) is 28.6 Å². The largest absolute Gasteiger partial charge is 0.494 e. The van der Waals surface area contributed by atoms with Gasteiger partial charge in [0.25, 0.3) is 5.91 Å². The lowest BCUT2D eigenvalue weighted by Gasteiger charge is -2.25. The zero-order chi connectivity index (χ0) is 31.3. The van der Waals surface area contributed by atoms with E-state index in [0.29, 0.717) is 0 Å². The first-order valence-electron chi connectivity index (χ1n) is 12.7. The lowest BCUT2D eigenvalue weighted by Crippen LogP contribution is -2.43. The topological polar surface area (TPSA) is 198 Å². The molecule has 0 atom stereocenters. The minimum absolute atomic E-state index is 0.0313. The van der Waals surface area contributed by atoms with Crippen molar-refractivity contribution in [3.8, 4) is 17.4 Å². The second kappa shape index (κ2) is 12.6. The Morgan fingerprint density at radius 1 is 0.860 bits per heavy atom. The Kier molecular flexibility index (Phi) is 8.79. The lowest BCUT2D eigenvalue weighted by atomic mass is 10.1. The predicted octanol–water partition coefficient (Wildman–Crippen LogP) is 3.27. The van der Waals surface area contributed by atoms with Crippen molar-refractivity contribution < 1.29 is 44.0 Å². The molecule has 3 aromatic rings. The van der Waals surface area contributed by atoms with E-state index in [1.165, 1.54) is 66.8 Å². The molecular weight excluding hydrogens is 564 g/mol. The molecule has 0 radical (unpaired) electrons. The van der Waals surface area contributed by atoms with Gasteiger partial charge in [-0.2, -0.15) is 9.98 Å². The van der Waals surface area contributed by atoms with Crippen LogP contribution in [0.5, 0.6) is 11.8 Å². The Bertz CT molecular complexity index is 1750. The van der Waals surface area contributed by atoms with Crippen LogP contribution < -0.4 is 15.3 Å². The van der Waals surface area contributed by atoms with E-state index in [1.54, 1.807) is 13.8 Å². The SMILES string of the molecule is CCOC1=NC(=O)N(c2ccc(C(=O)O)cc2)C(=O)C1=CC=Cc1c(OCC)nc(=O)n(-c2ccc(C(=O)O)cc2)c1O. The quantitative estimate of drug-likeness (QED) is 0.310. The third kappa shape index (κ3) is 6.17. The zero-order valence-electron chi connectivity index (χ0n) is 22.8. The third-order valence-electron chi connectivity index (χ3n) is 5.96. The fourth-order valence-corrected chi connectivity index (χ4v) is 3.99. The number of amides is 3. The number of imide groups is 1. The van der Waals surface area contributed by atoms with Gasteiger partial charge in [-0.05, 0) is 74.5 Å². The molecule has 0 saturated carbocycles. The first-order chi connectivity index (χ1) is 20.6. The maximum atomic E-state index is 13.4. The van der Waals surface area contributed by atoms with E-state index in [1.807, 2.05) is 0 Å². The monoisotopic (exact) mass is 588 g/mol. The number of benzene rings is 2. The average molecular weight is 589 g/mol. The predicted molar refractivity (Wildman–Crippen MR) is 152 cm³/mol. The van der Waals surface area contributed by atoms with Gasteiger partial charge in [0.15, 0.2) is 0 Å². The van der Waals surface area contributed by atoms with Crippen molar-refractivity contribution >= 4 is 41.5 Å². The van der Waals surface area contributed by atoms with Crippen LogP contribution in [-0.2, 0) is 9.53 Å². The Morgan fingerprint density at radius 3 is 1.95 bits per heavy atom. The number of carbonyl (C=O) groups excluding carboxylic acids is 2. The fraction of sp³-hybridized carbons (Fsp3) is 0.138. The standard InChI is InChI=1S/C29H24N4O10/c1-3-42-22-20(24(34)32(28(40)30-22)18-12-8-16(9-13-18)26(36)37)6-5-7-21-23(43-4-2)31-29(41)33(25(21)35)19-14-10-17(11-15-19)27(38)39/h5-15,34H,3-4H2,1-2H3,(H,36,37)(H,38,39). The summed E-state index contributed by atoms with van der Waals surface area (Å²) >= 11 is 0. The number of nitrogens with zero attached hydrogens (tertiary/aromatic N) is 4. The number of aliphatic imine (C=N–C) groups is 1. The molecule has 0 bridgehead atoms. The summed E-state index contributed by atoms with van der Waals surface area (Å²) in [6, 6.07) is 9.26. The van der Waals surface area contributed by atoms with Gasteiger partial charge in [-0.1, -0.05) is 6.08 Å². The highest BCUT2D eigenvalue weighted by Crippen LogP contribution is 2.29. The highest BCUT2D eigenvalue weighted by Gasteiger charge is 2.35. The number of allylic oxidation sites excluding steroid dienone is 2. The summed E-state index contributed by atoms with van der Waals surface area (Å²) in [5, 5.41) is 29.4. The number of rotatable bonds is 9. The van der Waals surface area contributed by atoms with Crippen molar-refractivity contribution in [2.45, 2.75) is 13.8 Å². The number of carboxylic acid groups (broad SMARTS) is 2. The number of aromatic carboxylic acids is 2. The molecule has 4 rings (SSSR count). The molecule has 0 aliphatic carbocycles. The van der Waals surface area contributed by atoms with Crippen LogP contribution in [0, 0.1) is 0 Å². The van der Waals surface area contributed by atoms with Gasteiger partial charge in [0, 0.05) is 0 Å². The summed E-state index contributed by atoms with van der Waals surface area (Å²) in [4.78, 5) is 69.8. The highest BCUT2D eigenvalue weighted by atomic mass is 16.5. The van der Waals surface area contributed by atoms with E-state index in [2.05, 4.69) is 9.98 Å². The normalized spacial score (nSPS) is 14.2. The van der Waals surface area contributed by atoms with Crippen LogP contribution in [0.2, 0.25) is 0 Å². The molecule has 2 heterocycles. The van der Waals surface area contributed by atoms with Gasteiger partial charge in [0.1, 0.15) is 5.57 Å². The maximum Gasteiger partial charge on any atom is 0.358 e. The second-order valence-electron chi connectivity index (χ2n) is 8.62. The number of aromatic hydroxyl groups is 1. The van der Waals surface area contributed by atoms with Crippen LogP contribution in [0.4, 0.5) is 10.5 Å². The molecule has 14 heteroatoms. The van der Waals surface area contributed by atoms with Crippen LogP contribution in [0.15, 0.2) is 76.0 Å². The summed E-state index contributed by atoms with van der Waals surface area (Å²) in [7, 11) is 0. The molecule has 0 saturated heterocycles. The number of hydrogen-bond donors (Lipinski definition) is 3. The summed E-state index contributed by atoms with van der Waals surface area (Å²) in [6.07, 6.45) is 3.90. The summed E-state index contributed by atoms with van der Waals surface area (Å²) < 4.78 is 11.7. The van der Waals surface area contributed by atoms with Gasteiger partial charge < -0.3 is 24.8 Å². The number of urea groups is 1. The number of hydrogen-bond acceptors (Lipinski definition) is 9. The van der Waals surface area contributed by atoms with Gasteiger partial charge in [0.2, 0.25) is 17.7 Å². The van der Waals surface area contributed by atoms with E-state index < -0.39 is 35.4 Å². The summed E-state index contributed by atoms with van der Waals surface area (Å²) in [5.41, 5.74) is -0.940. The first-order valence-corrected chi connectivity index (χ1v) is 12.7. The molecule has 1 aliphatic heterocycles. The van der Waals surface area contributed by atoms with Crippen LogP contribution in [-0.4, -0.2) is 67.9 Å². The molecule has 0 unspecified atom stereocenters. The molecule has 220 valence electrons. The van der Waals surface area contributed by atoms with E-state index in [0.717, 1.165) is 9.47 Å². The summed E-state index contributed by atoms with van der Waals surface area (Å²) in [5.74, 6) is -4.21. The van der Waals surface area contributed by atoms with Crippen LogP contribution in [0.25, 0.3) is 11.8 Å². The lowest BCUT2D eigenvalue weighted by molar-refractivity contribution is -0.114.